The van der Waals surface area contributed by atoms with Gasteiger partial charge in [-0.1, -0.05) is 64.7 Å². The second-order valence-electron chi connectivity index (χ2n) is 8.21. The summed E-state index contributed by atoms with van der Waals surface area (Å²) in [6.07, 6.45) is 13.1. The summed E-state index contributed by atoms with van der Waals surface area (Å²) in [6, 6.07) is 0. The molecule has 0 aromatic heterocycles. The molecule has 0 bridgehead atoms. The summed E-state index contributed by atoms with van der Waals surface area (Å²) < 4.78 is 40.9. The summed E-state index contributed by atoms with van der Waals surface area (Å²) in [4.78, 5) is 0. The fourth-order valence-electron chi connectivity index (χ4n) is 2.83. The first-order valence-electron chi connectivity index (χ1n) is 9.79. The lowest BCUT2D eigenvalue weighted by Crippen LogP contribution is -2.32. The standard InChI is InChI=1S/C19H40O5S/c1-6-7-8-9-10-11-12-13-14-15-18(2,3)23-17-16-19(4,5)24-25(20,21)22/h6-17H2,1-5H3,(H,20,21,22). The molecule has 0 aromatic carbocycles. The van der Waals surface area contributed by atoms with Crippen LogP contribution >= 0.6 is 0 Å². The molecule has 0 spiro atoms. The van der Waals surface area contributed by atoms with Gasteiger partial charge in [0.15, 0.2) is 0 Å². The Hall–Kier alpha value is -0.170. The first kappa shape index (κ1) is 24.8. The first-order chi connectivity index (χ1) is 11.5. The average Bonchev–Trinajstić information content (AvgIpc) is 2.42. The van der Waals surface area contributed by atoms with Crippen LogP contribution in [0.15, 0.2) is 0 Å². The van der Waals surface area contributed by atoms with Gasteiger partial charge in [0, 0.05) is 6.42 Å². The topological polar surface area (TPSA) is 72.8 Å². The van der Waals surface area contributed by atoms with E-state index in [1.165, 1.54) is 51.4 Å². The number of ether oxygens (including phenoxy) is 1. The largest absolute Gasteiger partial charge is 0.397 e. The van der Waals surface area contributed by atoms with E-state index in [1.54, 1.807) is 13.8 Å². The van der Waals surface area contributed by atoms with Crippen LogP contribution in [0.2, 0.25) is 0 Å². The van der Waals surface area contributed by atoms with E-state index in [9.17, 15) is 8.42 Å². The van der Waals surface area contributed by atoms with Gasteiger partial charge in [0.25, 0.3) is 0 Å². The normalized spacial score (nSPS) is 13.4. The highest BCUT2D eigenvalue weighted by Crippen LogP contribution is 2.23. The SMILES string of the molecule is CCCCCCCCCCCC(C)(C)OCCC(C)(C)OS(=O)(=O)O. The Morgan fingerprint density at radius 2 is 1.24 bits per heavy atom. The van der Waals surface area contributed by atoms with Crippen LogP contribution in [-0.4, -0.2) is 30.8 Å². The maximum absolute atomic E-state index is 10.8. The van der Waals surface area contributed by atoms with Gasteiger partial charge in [0.2, 0.25) is 0 Å². The summed E-state index contributed by atoms with van der Waals surface area (Å²) in [6.45, 7) is 10.0. The first-order valence-corrected chi connectivity index (χ1v) is 11.2. The summed E-state index contributed by atoms with van der Waals surface area (Å²) in [5.41, 5.74) is -1.20. The quantitative estimate of drug-likeness (QED) is 0.275. The van der Waals surface area contributed by atoms with E-state index in [2.05, 4.69) is 25.0 Å². The molecule has 152 valence electrons. The predicted octanol–water partition coefficient (Wildman–Crippen LogP) is 5.69. The molecule has 0 saturated heterocycles. The fourth-order valence-corrected chi connectivity index (χ4v) is 3.49. The minimum absolute atomic E-state index is 0.227. The molecular weight excluding hydrogens is 340 g/mol. The van der Waals surface area contributed by atoms with Crippen LogP contribution in [0.3, 0.4) is 0 Å². The molecule has 0 saturated carbocycles. The molecule has 0 unspecified atom stereocenters. The smallest absolute Gasteiger partial charge is 0.375 e. The van der Waals surface area contributed by atoms with Crippen molar-refractivity contribution in [3.63, 3.8) is 0 Å². The third-order valence-corrected chi connectivity index (χ3v) is 5.07. The van der Waals surface area contributed by atoms with Crippen molar-refractivity contribution in [3.05, 3.63) is 0 Å². The van der Waals surface area contributed by atoms with Crippen LogP contribution in [0.5, 0.6) is 0 Å². The van der Waals surface area contributed by atoms with Crippen molar-refractivity contribution in [2.75, 3.05) is 6.61 Å². The Morgan fingerprint density at radius 1 is 0.760 bits per heavy atom. The van der Waals surface area contributed by atoms with E-state index >= 15 is 0 Å². The average molecular weight is 381 g/mol. The Bertz CT molecular complexity index is 429. The van der Waals surface area contributed by atoms with Gasteiger partial charge in [-0.05, 0) is 34.1 Å². The van der Waals surface area contributed by atoms with E-state index in [0.717, 1.165) is 12.8 Å². The number of hydrogen-bond donors (Lipinski definition) is 1. The van der Waals surface area contributed by atoms with Gasteiger partial charge in [-0.3, -0.25) is 4.55 Å². The molecular formula is C19H40O5S. The second kappa shape index (κ2) is 12.3. The number of rotatable bonds is 16. The molecule has 5 nitrogen and oxygen atoms in total. The summed E-state index contributed by atoms with van der Waals surface area (Å²) >= 11 is 0. The van der Waals surface area contributed by atoms with Gasteiger partial charge in [-0.15, -0.1) is 0 Å². The Kier molecular flexibility index (Phi) is 12.2. The van der Waals surface area contributed by atoms with Gasteiger partial charge >= 0.3 is 10.4 Å². The molecule has 1 N–H and O–H groups in total. The van der Waals surface area contributed by atoms with Crippen LogP contribution in [0.1, 0.15) is 105 Å². The molecule has 0 aliphatic rings. The minimum atomic E-state index is -4.43. The van der Waals surface area contributed by atoms with E-state index in [1.807, 2.05) is 0 Å². The molecule has 0 heterocycles. The molecule has 0 radical (unpaired) electrons. The Balaban J connectivity index is 3.77. The molecule has 0 aliphatic heterocycles. The lowest BCUT2D eigenvalue weighted by molar-refractivity contribution is -0.0464. The van der Waals surface area contributed by atoms with Crippen molar-refractivity contribution in [2.24, 2.45) is 0 Å². The summed E-state index contributed by atoms with van der Waals surface area (Å²) in [7, 11) is -4.43. The summed E-state index contributed by atoms with van der Waals surface area (Å²) in [5.74, 6) is 0. The summed E-state index contributed by atoms with van der Waals surface area (Å²) in [5, 5.41) is 0. The van der Waals surface area contributed by atoms with E-state index in [0.29, 0.717) is 13.0 Å². The minimum Gasteiger partial charge on any atom is -0.375 e. The van der Waals surface area contributed by atoms with Gasteiger partial charge in [-0.25, -0.2) is 4.18 Å². The van der Waals surface area contributed by atoms with E-state index in [4.69, 9.17) is 9.29 Å². The molecule has 0 aromatic rings. The van der Waals surface area contributed by atoms with Crippen LogP contribution in [-0.2, 0) is 19.3 Å². The highest BCUT2D eigenvalue weighted by atomic mass is 32.3. The zero-order chi connectivity index (χ0) is 19.4. The molecule has 25 heavy (non-hydrogen) atoms. The van der Waals surface area contributed by atoms with Crippen molar-refractivity contribution < 1.29 is 21.9 Å². The van der Waals surface area contributed by atoms with Crippen molar-refractivity contribution in [1.82, 2.24) is 0 Å². The van der Waals surface area contributed by atoms with Gasteiger partial charge in [0.1, 0.15) is 0 Å². The lowest BCUT2D eigenvalue weighted by atomic mass is 9.98. The van der Waals surface area contributed by atoms with Gasteiger partial charge < -0.3 is 4.74 Å². The maximum Gasteiger partial charge on any atom is 0.397 e. The van der Waals surface area contributed by atoms with E-state index < -0.39 is 16.0 Å². The van der Waals surface area contributed by atoms with Crippen molar-refractivity contribution in [1.29, 1.82) is 0 Å². The van der Waals surface area contributed by atoms with Crippen molar-refractivity contribution >= 4 is 10.4 Å². The molecule has 0 fully saturated rings. The Labute approximate surface area is 155 Å². The van der Waals surface area contributed by atoms with E-state index in [-0.39, 0.29) is 5.60 Å². The molecule has 0 aliphatic carbocycles. The number of unbranched alkanes of at least 4 members (excludes halogenated alkanes) is 8. The second-order valence-corrected chi connectivity index (χ2v) is 9.23. The van der Waals surface area contributed by atoms with Crippen LogP contribution in [0.25, 0.3) is 0 Å². The number of hydrogen-bond acceptors (Lipinski definition) is 4. The lowest BCUT2D eigenvalue weighted by Gasteiger charge is -2.28. The molecule has 0 amide bonds. The Morgan fingerprint density at radius 3 is 1.72 bits per heavy atom. The third-order valence-electron chi connectivity index (χ3n) is 4.41. The molecule has 0 rings (SSSR count). The maximum atomic E-state index is 10.8. The predicted molar refractivity (Wildman–Crippen MR) is 103 cm³/mol. The zero-order valence-corrected chi connectivity index (χ0v) is 17.8. The molecule has 0 atom stereocenters. The van der Waals surface area contributed by atoms with Crippen molar-refractivity contribution in [3.8, 4) is 0 Å². The van der Waals surface area contributed by atoms with Gasteiger partial charge in [-0.2, -0.15) is 8.42 Å². The molecule has 6 heteroatoms. The van der Waals surface area contributed by atoms with Crippen LogP contribution in [0.4, 0.5) is 0 Å². The van der Waals surface area contributed by atoms with Crippen molar-refractivity contribution in [2.45, 2.75) is 116 Å². The van der Waals surface area contributed by atoms with Gasteiger partial charge in [0.05, 0.1) is 17.8 Å². The zero-order valence-electron chi connectivity index (χ0n) is 17.0. The van der Waals surface area contributed by atoms with Crippen LogP contribution in [0, 0.1) is 0 Å². The monoisotopic (exact) mass is 380 g/mol. The highest BCUT2D eigenvalue weighted by Gasteiger charge is 2.27. The van der Waals surface area contributed by atoms with Crippen LogP contribution < -0.4 is 0 Å². The highest BCUT2D eigenvalue weighted by molar-refractivity contribution is 7.80. The third kappa shape index (κ3) is 17.0. The fraction of sp³-hybridized carbons (Fsp3) is 1.00.